The highest BCUT2D eigenvalue weighted by Crippen LogP contribution is 2.39. The van der Waals surface area contributed by atoms with Gasteiger partial charge in [-0.25, -0.2) is 0 Å². The van der Waals surface area contributed by atoms with E-state index in [9.17, 15) is 0 Å². The fraction of sp³-hybridized carbons (Fsp3) is 0.379. The highest BCUT2D eigenvalue weighted by Gasteiger charge is 2.33. The Kier molecular flexibility index (Phi) is 7.24. The molecule has 3 aromatic carbocycles. The molecule has 2 aliphatic rings. The number of hydrogen-bond acceptors (Lipinski definition) is 4. The van der Waals surface area contributed by atoms with Gasteiger partial charge in [-0.2, -0.15) is 0 Å². The van der Waals surface area contributed by atoms with Gasteiger partial charge in [-0.15, -0.1) is 0 Å². The Balaban J connectivity index is 1.33. The molecule has 5 rings (SSSR count). The van der Waals surface area contributed by atoms with Crippen LogP contribution in [-0.2, 0) is 11.2 Å². The van der Waals surface area contributed by atoms with E-state index in [0.717, 1.165) is 45.0 Å². The van der Waals surface area contributed by atoms with Gasteiger partial charge in [-0.1, -0.05) is 72.8 Å². The molecule has 4 nitrogen and oxygen atoms in total. The molecule has 2 heterocycles. The average molecular weight is 443 g/mol. The summed E-state index contributed by atoms with van der Waals surface area (Å²) >= 11 is 0. The lowest BCUT2D eigenvalue weighted by Gasteiger charge is -2.42. The monoisotopic (exact) mass is 442 g/mol. The summed E-state index contributed by atoms with van der Waals surface area (Å²) in [7, 11) is 0. The number of benzene rings is 3. The zero-order valence-electron chi connectivity index (χ0n) is 19.3. The number of fused-ring (bicyclic) bond motifs is 1. The highest BCUT2D eigenvalue weighted by atomic mass is 16.5. The van der Waals surface area contributed by atoms with Crippen molar-refractivity contribution in [3.05, 3.63) is 96.1 Å². The Morgan fingerprint density at radius 3 is 2.33 bits per heavy atom. The largest absolute Gasteiger partial charge is 0.489 e. The van der Waals surface area contributed by atoms with Crippen molar-refractivity contribution in [3.8, 4) is 5.75 Å². The molecule has 2 atom stereocenters. The fourth-order valence-corrected chi connectivity index (χ4v) is 5.08. The van der Waals surface area contributed by atoms with Crippen LogP contribution in [0.4, 0.5) is 5.69 Å². The SMILES string of the molecule is c1ccc(CCOCC(CN2c3ccccc3OCC2c2ccccc2)N2CCCC2)cc1. The first-order chi connectivity index (χ1) is 16.4. The molecule has 0 radical (unpaired) electrons. The second-order valence-electron chi connectivity index (χ2n) is 9.06. The lowest BCUT2D eigenvalue weighted by molar-refractivity contribution is 0.0712. The summed E-state index contributed by atoms with van der Waals surface area (Å²) in [5, 5.41) is 0. The van der Waals surface area contributed by atoms with Crippen LogP contribution in [-0.4, -0.2) is 50.4 Å². The number of likely N-dealkylation sites (tertiary alicyclic amines) is 1. The van der Waals surface area contributed by atoms with E-state index >= 15 is 0 Å². The molecule has 0 bridgehead atoms. The normalized spacial score (nSPS) is 19.2. The molecule has 33 heavy (non-hydrogen) atoms. The van der Waals surface area contributed by atoms with Crippen molar-refractivity contribution in [1.29, 1.82) is 0 Å². The number of ether oxygens (including phenoxy) is 2. The molecule has 172 valence electrons. The molecule has 3 aromatic rings. The molecule has 0 amide bonds. The van der Waals surface area contributed by atoms with Crippen LogP contribution in [0.3, 0.4) is 0 Å². The third-order valence-electron chi connectivity index (χ3n) is 6.88. The van der Waals surface area contributed by atoms with Crippen molar-refractivity contribution in [3.63, 3.8) is 0 Å². The van der Waals surface area contributed by atoms with Gasteiger partial charge < -0.3 is 14.4 Å². The van der Waals surface area contributed by atoms with E-state index in [0.29, 0.717) is 12.6 Å². The van der Waals surface area contributed by atoms with E-state index in [1.807, 2.05) is 0 Å². The molecule has 0 aliphatic carbocycles. The molecule has 2 aliphatic heterocycles. The molecule has 2 unspecified atom stereocenters. The van der Waals surface area contributed by atoms with Crippen LogP contribution >= 0.6 is 0 Å². The van der Waals surface area contributed by atoms with Gasteiger partial charge in [-0.3, -0.25) is 4.90 Å². The van der Waals surface area contributed by atoms with E-state index in [1.165, 1.54) is 29.7 Å². The van der Waals surface area contributed by atoms with Gasteiger partial charge in [0.15, 0.2) is 0 Å². The summed E-state index contributed by atoms with van der Waals surface area (Å²) in [6.07, 6.45) is 3.52. The summed E-state index contributed by atoms with van der Waals surface area (Å²) in [5.74, 6) is 0.981. The Morgan fingerprint density at radius 2 is 1.55 bits per heavy atom. The molecule has 0 N–H and O–H groups in total. The Hall–Kier alpha value is -2.82. The van der Waals surface area contributed by atoms with Crippen molar-refractivity contribution >= 4 is 5.69 Å². The standard InChI is InChI=1S/C29H34N2O2/c1-3-11-24(12-4-1)17-20-32-22-26(30-18-9-10-19-30)21-31-27-15-7-8-16-29(27)33-23-28(31)25-13-5-2-6-14-25/h1-8,11-16,26,28H,9-10,17-23H2. The summed E-state index contributed by atoms with van der Waals surface area (Å²) in [4.78, 5) is 5.18. The summed E-state index contributed by atoms with van der Waals surface area (Å²) < 4.78 is 12.5. The van der Waals surface area contributed by atoms with Crippen molar-refractivity contribution in [2.45, 2.75) is 31.3 Å². The van der Waals surface area contributed by atoms with Gasteiger partial charge in [0, 0.05) is 6.54 Å². The number of hydrogen-bond donors (Lipinski definition) is 0. The fourth-order valence-electron chi connectivity index (χ4n) is 5.08. The first-order valence-corrected chi connectivity index (χ1v) is 12.3. The van der Waals surface area contributed by atoms with Crippen LogP contribution in [0.5, 0.6) is 5.75 Å². The first-order valence-electron chi connectivity index (χ1n) is 12.3. The van der Waals surface area contributed by atoms with Gasteiger partial charge in [0.05, 0.1) is 31.0 Å². The maximum atomic E-state index is 6.28. The van der Waals surface area contributed by atoms with Crippen LogP contribution < -0.4 is 9.64 Å². The van der Waals surface area contributed by atoms with Crippen LogP contribution in [0.1, 0.15) is 30.0 Å². The number of rotatable bonds is 9. The number of anilines is 1. The third kappa shape index (κ3) is 5.40. The Morgan fingerprint density at radius 1 is 0.848 bits per heavy atom. The molecule has 1 fully saturated rings. The van der Waals surface area contributed by atoms with Crippen molar-refractivity contribution in [1.82, 2.24) is 4.90 Å². The summed E-state index contributed by atoms with van der Waals surface area (Å²) in [6.45, 7) is 5.45. The highest BCUT2D eigenvalue weighted by molar-refractivity contribution is 5.61. The lowest BCUT2D eigenvalue weighted by Crippen LogP contribution is -2.49. The molecule has 0 saturated carbocycles. The molecule has 4 heteroatoms. The van der Waals surface area contributed by atoms with E-state index < -0.39 is 0 Å². The second-order valence-corrected chi connectivity index (χ2v) is 9.06. The van der Waals surface area contributed by atoms with Gasteiger partial charge in [-0.05, 0) is 55.6 Å². The van der Waals surface area contributed by atoms with Crippen LogP contribution in [0, 0.1) is 0 Å². The van der Waals surface area contributed by atoms with Gasteiger partial charge in [0.2, 0.25) is 0 Å². The maximum Gasteiger partial charge on any atom is 0.142 e. The van der Waals surface area contributed by atoms with Crippen molar-refractivity contribution in [2.24, 2.45) is 0 Å². The zero-order valence-corrected chi connectivity index (χ0v) is 19.3. The molecular weight excluding hydrogens is 408 g/mol. The van der Waals surface area contributed by atoms with Crippen LogP contribution in [0.25, 0.3) is 0 Å². The van der Waals surface area contributed by atoms with E-state index in [4.69, 9.17) is 9.47 Å². The second kappa shape index (κ2) is 10.9. The average Bonchev–Trinajstić information content (AvgIpc) is 3.42. The molecule has 1 saturated heterocycles. The first kappa shape index (κ1) is 22.0. The number of nitrogens with zero attached hydrogens (tertiary/aromatic N) is 2. The predicted molar refractivity (Wildman–Crippen MR) is 134 cm³/mol. The third-order valence-corrected chi connectivity index (χ3v) is 6.88. The molecule has 0 spiro atoms. The van der Waals surface area contributed by atoms with Gasteiger partial charge >= 0.3 is 0 Å². The van der Waals surface area contributed by atoms with Crippen LogP contribution in [0.2, 0.25) is 0 Å². The van der Waals surface area contributed by atoms with E-state index in [-0.39, 0.29) is 6.04 Å². The van der Waals surface area contributed by atoms with Crippen LogP contribution in [0.15, 0.2) is 84.9 Å². The Bertz CT molecular complexity index is 989. The van der Waals surface area contributed by atoms with Crippen molar-refractivity contribution in [2.75, 3.05) is 44.4 Å². The van der Waals surface area contributed by atoms with E-state index in [2.05, 4.69) is 94.7 Å². The zero-order chi connectivity index (χ0) is 22.3. The minimum Gasteiger partial charge on any atom is -0.489 e. The van der Waals surface area contributed by atoms with Crippen molar-refractivity contribution < 1.29 is 9.47 Å². The lowest BCUT2D eigenvalue weighted by atomic mass is 10.0. The smallest absolute Gasteiger partial charge is 0.142 e. The van der Waals surface area contributed by atoms with Gasteiger partial charge in [0.1, 0.15) is 12.4 Å². The minimum absolute atomic E-state index is 0.204. The Labute approximate surface area is 197 Å². The molecule has 0 aromatic heterocycles. The maximum absolute atomic E-state index is 6.28. The predicted octanol–water partition coefficient (Wildman–Crippen LogP) is 5.35. The summed E-state index contributed by atoms with van der Waals surface area (Å²) in [6, 6.07) is 30.4. The quantitative estimate of drug-likeness (QED) is 0.417. The minimum atomic E-state index is 0.204. The summed E-state index contributed by atoms with van der Waals surface area (Å²) in [5.41, 5.74) is 3.82. The number of para-hydroxylation sites is 2. The van der Waals surface area contributed by atoms with Gasteiger partial charge in [0.25, 0.3) is 0 Å². The topological polar surface area (TPSA) is 24.9 Å². The molecular formula is C29H34N2O2. The van der Waals surface area contributed by atoms with E-state index in [1.54, 1.807) is 0 Å².